The highest BCUT2D eigenvalue weighted by Crippen LogP contribution is 2.32. The highest BCUT2D eigenvalue weighted by molar-refractivity contribution is 5.98. The monoisotopic (exact) mass is 351 g/mol. The van der Waals surface area contributed by atoms with Crippen LogP contribution in [0.5, 0.6) is 11.5 Å². The Hall–Kier alpha value is -2.33. The number of piperidine rings is 1. The van der Waals surface area contributed by atoms with E-state index in [1.54, 1.807) is 0 Å². The number of Topliss-reactive ketones (excluding diaryl/α,β-unsaturated/α-hetero) is 1. The number of ether oxygens (including phenoxy) is 2. The average molecular weight is 351 g/mol. The van der Waals surface area contributed by atoms with Crippen LogP contribution in [0.4, 0.5) is 0 Å². The number of nitrogens with zero attached hydrogens (tertiary/aromatic N) is 1. The first-order valence-electron chi connectivity index (χ1n) is 9.41. The molecule has 0 aromatic heterocycles. The van der Waals surface area contributed by atoms with E-state index in [9.17, 15) is 4.79 Å². The third-order valence-electron chi connectivity index (χ3n) is 5.31. The SMILES string of the molecule is Cc1ccc(CN2CCC(C(=O)c3ccc4c(c3)OCCO4)CC2)cc1. The van der Waals surface area contributed by atoms with Crippen molar-refractivity contribution in [2.75, 3.05) is 26.3 Å². The number of hydrogen-bond donors (Lipinski definition) is 0. The second kappa shape index (κ2) is 7.50. The predicted molar refractivity (Wildman–Crippen MR) is 101 cm³/mol. The summed E-state index contributed by atoms with van der Waals surface area (Å²) in [6.45, 7) is 6.12. The molecule has 2 aliphatic heterocycles. The van der Waals surface area contributed by atoms with E-state index in [1.165, 1.54) is 11.1 Å². The van der Waals surface area contributed by atoms with Crippen LogP contribution >= 0.6 is 0 Å². The zero-order valence-electron chi connectivity index (χ0n) is 15.2. The van der Waals surface area contributed by atoms with Gasteiger partial charge in [0, 0.05) is 18.0 Å². The van der Waals surface area contributed by atoms with Crippen molar-refractivity contribution in [2.24, 2.45) is 5.92 Å². The number of fused-ring (bicyclic) bond motifs is 1. The highest BCUT2D eigenvalue weighted by Gasteiger charge is 2.26. The van der Waals surface area contributed by atoms with E-state index in [4.69, 9.17) is 9.47 Å². The fourth-order valence-corrected chi connectivity index (χ4v) is 3.74. The summed E-state index contributed by atoms with van der Waals surface area (Å²) in [6.07, 6.45) is 1.83. The molecule has 0 aliphatic carbocycles. The molecule has 2 aliphatic rings. The Balaban J connectivity index is 1.35. The molecule has 26 heavy (non-hydrogen) atoms. The van der Waals surface area contributed by atoms with Crippen LogP contribution in [-0.2, 0) is 6.54 Å². The number of ketones is 1. The topological polar surface area (TPSA) is 38.8 Å². The van der Waals surface area contributed by atoms with E-state index in [0.29, 0.717) is 19.0 Å². The van der Waals surface area contributed by atoms with E-state index in [1.807, 2.05) is 18.2 Å². The lowest BCUT2D eigenvalue weighted by Gasteiger charge is -2.31. The lowest BCUT2D eigenvalue weighted by Crippen LogP contribution is -2.36. The molecule has 1 saturated heterocycles. The zero-order chi connectivity index (χ0) is 17.9. The van der Waals surface area contributed by atoms with Gasteiger partial charge in [0.1, 0.15) is 13.2 Å². The fraction of sp³-hybridized carbons (Fsp3) is 0.409. The zero-order valence-corrected chi connectivity index (χ0v) is 15.2. The lowest BCUT2D eigenvalue weighted by molar-refractivity contribution is 0.0833. The van der Waals surface area contributed by atoms with E-state index in [0.717, 1.165) is 43.8 Å². The van der Waals surface area contributed by atoms with Crippen molar-refractivity contribution in [3.8, 4) is 11.5 Å². The van der Waals surface area contributed by atoms with E-state index < -0.39 is 0 Å². The van der Waals surface area contributed by atoms with Gasteiger partial charge in [0.05, 0.1) is 0 Å². The average Bonchev–Trinajstić information content (AvgIpc) is 2.69. The van der Waals surface area contributed by atoms with Gasteiger partial charge in [-0.05, 0) is 56.6 Å². The van der Waals surface area contributed by atoms with Crippen LogP contribution in [0, 0.1) is 12.8 Å². The number of hydrogen-bond acceptors (Lipinski definition) is 4. The summed E-state index contributed by atoms with van der Waals surface area (Å²) >= 11 is 0. The van der Waals surface area contributed by atoms with Crippen LogP contribution in [0.25, 0.3) is 0 Å². The molecule has 0 saturated carbocycles. The lowest BCUT2D eigenvalue weighted by atomic mass is 9.88. The Morgan fingerprint density at radius 3 is 2.42 bits per heavy atom. The maximum Gasteiger partial charge on any atom is 0.166 e. The number of carbonyl (C=O) groups is 1. The van der Waals surface area contributed by atoms with Gasteiger partial charge in [0.25, 0.3) is 0 Å². The standard InChI is InChI=1S/C22H25NO3/c1-16-2-4-17(5-3-16)15-23-10-8-18(9-11-23)22(24)19-6-7-20-21(14-19)26-13-12-25-20/h2-7,14,18H,8-13,15H2,1H3. The molecular formula is C22H25NO3. The molecule has 0 N–H and O–H groups in total. The van der Waals surface area contributed by atoms with Gasteiger partial charge >= 0.3 is 0 Å². The van der Waals surface area contributed by atoms with Gasteiger partial charge < -0.3 is 9.47 Å². The van der Waals surface area contributed by atoms with Crippen LogP contribution in [0.2, 0.25) is 0 Å². The van der Waals surface area contributed by atoms with Crippen molar-refractivity contribution in [1.29, 1.82) is 0 Å². The van der Waals surface area contributed by atoms with Crippen molar-refractivity contribution in [1.82, 2.24) is 4.90 Å². The summed E-state index contributed by atoms with van der Waals surface area (Å²) in [7, 11) is 0. The Morgan fingerprint density at radius 2 is 1.69 bits per heavy atom. The molecule has 0 atom stereocenters. The van der Waals surface area contributed by atoms with Crippen molar-refractivity contribution in [3.63, 3.8) is 0 Å². The molecule has 4 heteroatoms. The second-order valence-corrected chi connectivity index (χ2v) is 7.26. The summed E-state index contributed by atoms with van der Waals surface area (Å²) in [5.74, 6) is 1.77. The van der Waals surface area contributed by atoms with Crippen LogP contribution in [0.1, 0.15) is 34.3 Å². The maximum absolute atomic E-state index is 12.9. The fourth-order valence-electron chi connectivity index (χ4n) is 3.74. The van der Waals surface area contributed by atoms with Crippen molar-refractivity contribution >= 4 is 5.78 Å². The Kier molecular flexibility index (Phi) is 4.93. The molecular weight excluding hydrogens is 326 g/mol. The summed E-state index contributed by atoms with van der Waals surface area (Å²) < 4.78 is 11.1. The van der Waals surface area contributed by atoms with Gasteiger partial charge in [-0.15, -0.1) is 0 Å². The van der Waals surface area contributed by atoms with Gasteiger partial charge in [-0.2, -0.15) is 0 Å². The Morgan fingerprint density at radius 1 is 1.00 bits per heavy atom. The van der Waals surface area contributed by atoms with Crippen LogP contribution in [-0.4, -0.2) is 37.0 Å². The molecule has 1 fully saturated rings. The minimum Gasteiger partial charge on any atom is -0.486 e. The molecule has 0 amide bonds. The van der Waals surface area contributed by atoms with Gasteiger partial charge in [-0.3, -0.25) is 9.69 Å². The minimum atomic E-state index is 0.104. The number of benzene rings is 2. The van der Waals surface area contributed by atoms with Crippen molar-refractivity contribution < 1.29 is 14.3 Å². The van der Waals surface area contributed by atoms with Gasteiger partial charge in [-0.25, -0.2) is 0 Å². The normalized spacial score (nSPS) is 17.9. The molecule has 4 rings (SSSR count). The smallest absolute Gasteiger partial charge is 0.166 e. The van der Waals surface area contributed by atoms with E-state index in [2.05, 4.69) is 36.1 Å². The first kappa shape index (κ1) is 17.1. The molecule has 4 nitrogen and oxygen atoms in total. The molecule has 2 aromatic carbocycles. The second-order valence-electron chi connectivity index (χ2n) is 7.26. The van der Waals surface area contributed by atoms with Crippen LogP contribution in [0.15, 0.2) is 42.5 Å². The van der Waals surface area contributed by atoms with E-state index >= 15 is 0 Å². The van der Waals surface area contributed by atoms with Crippen molar-refractivity contribution in [3.05, 3.63) is 59.2 Å². The van der Waals surface area contributed by atoms with Crippen LogP contribution < -0.4 is 9.47 Å². The number of carbonyl (C=O) groups excluding carboxylic acids is 1. The Labute approximate surface area is 154 Å². The third kappa shape index (κ3) is 3.75. The predicted octanol–water partition coefficient (Wildman–Crippen LogP) is 3.86. The summed E-state index contributed by atoms with van der Waals surface area (Å²) in [5.41, 5.74) is 3.37. The first-order valence-corrected chi connectivity index (χ1v) is 9.41. The summed E-state index contributed by atoms with van der Waals surface area (Å²) in [6, 6.07) is 14.3. The number of rotatable bonds is 4. The molecule has 2 aromatic rings. The minimum absolute atomic E-state index is 0.104. The largest absolute Gasteiger partial charge is 0.486 e. The number of aryl methyl sites for hydroxylation is 1. The third-order valence-corrected chi connectivity index (χ3v) is 5.31. The molecule has 0 spiro atoms. The summed E-state index contributed by atoms with van der Waals surface area (Å²) in [5, 5.41) is 0. The van der Waals surface area contributed by atoms with Gasteiger partial charge in [-0.1, -0.05) is 29.8 Å². The van der Waals surface area contributed by atoms with Crippen LogP contribution in [0.3, 0.4) is 0 Å². The maximum atomic E-state index is 12.9. The molecule has 0 bridgehead atoms. The van der Waals surface area contributed by atoms with Gasteiger partial charge in [0.2, 0.25) is 0 Å². The molecule has 0 radical (unpaired) electrons. The quantitative estimate of drug-likeness (QED) is 0.784. The highest BCUT2D eigenvalue weighted by atomic mass is 16.6. The molecule has 2 heterocycles. The number of likely N-dealkylation sites (tertiary alicyclic amines) is 1. The Bertz CT molecular complexity index is 776. The molecule has 136 valence electrons. The summed E-state index contributed by atoms with van der Waals surface area (Å²) in [4.78, 5) is 15.3. The molecule has 0 unspecified atom stereocenters. The van der Waals surface area contributed by atoms with Gasteiger partial charge in [0.15, 0.2) is 17.3 Å². The van der Waals surface area contributed by atoms with Crippen molar-refractivity contribution in [2.45, 2.75) is 26.3 Å². The van der Waals surface area contributed by atoms with E-state index in [-0.39, 0.29) is 11.7 Å². The first-order chi connectivity index (χ1) is 12.7.